The minimum absolute atomic E-state index is 0.238. The molecule has 4 nitrogen and oxygen atoms in total. The molecule has 1 atom stereocenters. The average Bonchev–Trinajstić information content (AvgIpc) is 3.42. The standard InChI is InChI=1S/C27H31NO3S/c1-20-6-15-26(32-20)23-11-7-21(8-12-23)18-22-9-13-25(14-10-22)31-19-24-4-2-16-28(24)17-3-5-27(29)30/h6-15,24H,2-5,16-19H2,1H3,(H,29,30). The normalized spacial score (nSPS) is 16.3. The Morgan fingerprint density at radius 1 is 1.06 bits per heavy atom. The van der Waals surface area contributed by atoms with Crippen LogP contribution in [0.3, 0.4) is 0 Å². The van der Waals surface area contributed by atoms with Gasteiger partial charge >= 0.3 is 5.97 Å². The van der Waals surface area contributed by atoms with Gasteiger partial charge < -0.3 is 9.84 Å². The number of carboxylic acid groups (broad SMARTS) is 1. The van der Waals surface area contributed by atoms with Crippen molar-refractivity contribution < 1.29 is 14.6 Å². The lowest BCUT2D eigenvalue weighted by Gasteiger charge is -2.24. The van der Waals surface area contributed by atoms with Crippen molar-refractivity contribution in [3.8, 4) is 16.2 Å². The number of hydrogen-bond acceptors (Lipinski definition) is 4. The number of ether oxygens (including phenoxy) is 1. The molecular weight excluding hydrogens is 418 g/mol. The Bertz CT molecular complexity index is 1010. The van der Waals surface area contributed by atoms with Crippen LogP contribution in [0.2, 0.25) is 0 Å². The average molecular weight is 450 g/mol. The van der Waals surface area contributed by atoms with Crippen LogP contribution in [0.25, 0.3) is 10.4 Å². The summed E-state index contributed by atoms with van der Waals surface area (Å²) in [4.78, 5) is 15.8. The summed E-state index contributed by atoms with van der Waals surface area (Å²) >= 11 is 1.83. The molecule has 3 aromatic rings. The molecule has 1 aliphatic rings. The zero-order valence-electron chi connectivity index (χ0n) is 18.6. The van der Waals surface area contributed by atoms with Gasteiger partial charge in [0.1, 0.15) is 12.4 Å². The molecule has 0 radical (unpaired) electrons. The fourth-order valence-corrected chi connectivity index (χ4v) is 5.19. The van der Waals surface area contributed by atoms with E-state index >= 15 is 0 Å². The zero-order valence-corrected chi connectivity index (χ0v) is 19.4. The Kier molecular flexibility index (Phi) is 7.61. The van der Waals surface area contributed by atoms with Crippen molar-refractivity contribution in [1.82, 2.24) is 4.90 Å². The van der Waals surface area contributed by atoms with Crippen LogP contribution >= 0.6 is 11.3 Å². The van der Waals surface area contributed by atoms with Crippen LogP contribution in [0.5, 0.6) is 5.75 Å². The zero-order chi connectivity index (χ0) is 22.3. The number of likely N-dealkylation sites (tertiary alicyclic amines) is 1. The maximum absolute atomic E-state index is 10.7. The number of hydrogen-bond donors (Lipinski definition) is 1. The molecule has 4 rings (SSSR count). The summed E-state index contributed by atoms with van der Waals surface area (Å²) in [5.74, 6) is 0.181. The molecule has 1 N–H and O–H groups in total. The van der Waals surface area contributed by atoms with Gasteiger partial charge in [-0.15, -0.1) is 11.3 Å². The number of thiophene rings is 1. The van der Waals surface area contributed by atoms with E-state index in [1.165, 1.54) is 26.4 Å². The van der Waals surface area contributed by atoms with Gasteiger partial charge in [0.15, 0.2) is 0 Å². The Balaban J connectivity index is 1.26. The molecule has 168 valence electrons. The second-order valence-corrected chi connectivity index (χ2v) is 9.86. The van der Waals surface area contributed by atoms with E-state index in [-0.39, 0.29) is 6.42 Å². The van der Waals surface area contributed by atoms with Crippen molar-refractivity contribution in [2.24, 2.45) is 0 Å². The topological polar surface area (TPSA) is 49.8 Å². The maximum atomic E-state index is 10.7. The molecule has 1 saturated heterocycles. The highest BCUT2D eigenvalue weighted by Gasteiger charge is 2.24. The Morgan fingerprint density at radius 2 is 1.78 bits per heavy atom. The largest absolute Gasteiger partial charge is 0.492 e. The quantitative estimate of drug-likeness (QED) is 0.411. The van der Waals surface area contributed by atoms with Crippen LogP contribution in [0, 0.1) is 6.92 Å². The third-order valence-electron chi connectivity index (χ3n) is 6.09. The second-order valence-electron chi connectivity index (χ2n) is 8.57. The Morgan fingerprint density at radius 3 is 2.44 bits per heavy atom. The Hall–Kier alpha value is -2.63. The molecule has 2 aromatic carbocycles. The fourth-order valence-electron chi connectivity index (χ4n) is 4.32. The summed E-state index contributed by atoms with van der Waals surface area (Å²) in [5, 5.41) is 8.84. The van der Waals surface area contributed by atoms with Crippen molar-refractivity contribution in [3.63, 3.8) is 0 Å². The number of carbonyl (C=O) groups is 1. The molecule has 32 heavy (non-hydrogen) atoms. The summed E-state index contributed by atoms with van der Waals surface area (Å²) in [7, 11) is 0. The van der Waals surface area contributed by atoms with E-state index in [9.17, 15) is 4.79 Å². The van der Waals surface area contributed by atoms with Crippen LogP contribution < -0.4 is 4.74 Å². The summed E-state index contributed by atoms with van der Waals surface area (Å²) < 4.78 is 6.06. The van der Waals surface area contributed by atoms with E-state index in [1.54, 1.807) is 0 Å². The van der Waals surface area contributed by atoms with Crippen LogP contribution in [0.15, 0.2) is 60.7 Å². The molecule has 0 aliphatic carbocycles. The highest BCUT2D eigenvalue weighted by atomic mass is 32.1. The van der Waals surface area contributed by atoms with Crippen LogP contribution in [-0.4, -0.2) is 41.7 Å². The molecule has 1 unspecified atom stereocenters. The van der Waals surface area contributed by atoms with Gasteiger partial charge in [-0.05, 0) is 86.7 Å². The maximum Gasteiger partial charge on any atom is 0.303 e. The smallest absolute Gasteiger partial charge is 0.303 e. The van der Waals surface area contributed by atoms with Crippen molar-refractivity contribution in [2.45, 2.75) is 45.1 Å². The lowest BCUT2D eigenvalue weighted by molar-refractivity contribution is -0.137. The fraction of sp³-hybridized carbons (Fsp3) is 0.370. The third-order valence-corrected chi connectivity index (χ3v) is 7.14. The summed E-state index contributed by atoms with van der Waals surface area (Å²) in [6.07, 6.45) is 4.12. The van der Waals surface area contributed by atoms with Gasteiger partial charge in [0.2, 0.25) is 0 Å². The number of nitrogens with zero attached hydrogens (tertiary/aromatic N) is 1. The minimum atomic E-state index is -0.717. The minimum Gasteiger partial charge on any atom is -0.492 e. The first-order valence-electron chi connectivity index (χ1n) is 11.4. The van der Waals surface area contributed by atoms with Crippen LogP contribution in [0.1, 0.15) is 41.7 Å². The van der Waals surface area contributed by atoms with Gasteiger partial charge in [-0.2, -0.15) is 0 Å². The molecule has 1 fully saturated rings. The number of benzene rings is 2. The number of carboxylic acids is 1. The van der Waals surface area contributed by atoms with Gasteiger partial charge in [0.05, 0.1) is 0 Å². The monoisotopic (exact) mass is 449 g/mol. The molecule has 1 aromatic heterocycles. The van der Waals surface area contributed by atoms with Gasteiger partial charge in [0, 0.05) is 22.2 Å². The molecule has 0 saturated carbocycles. The lowest BCUT2D eigenvalue weighted by atomic mass is 10.0. The van der Waals surface area contributed by atoms with E-state index in [4.69, 9.17) is 9.84 Å². The first-order valence-corrected chi connectivity index (χ1v) is 12.2. The van der Waals surface area contributed by atoms with E-state index in [2.05, 4.69) is 72.5 Å². The van der Waals surface area contributed by atoms with Gasteiger partial charge in [-0.3, -0.25) is 9.69 Å². The summed E-state index contributed by atoms with van der Waals surface area (Å²) in [6, 6.07) is 22.0. The number of aryl methyl sites for hydroxylation is 1. The van der Waals surface area contributed by atoms with Crippen molar-refractivity contribution in [2.75, 3.05) is 19.7 Å². The third kappa shape index (κ3) is 6.21. The Labute approximate surface area is 194 Å². The van der Waals surface area contributed by atoms with E-state index in [1.807, 2.05) is 11.3 Å². The van der Waals surface area contributed by atoms with Gasteiger partial charge in [-0.1, -0.05) is 36.4 Å². The molecular formula is C27H31NO3S. The highest BCUT2D eigenvalue weighted by Crippen LogP contribution is 2.28. The molecule has 5 heteroatoms. The van der Waals surface area contributed by atoms with Gasteiger partial charge in [0.25, 0.3) is 0 Å². The van der Waals surface area contributed by atoms with Crippen LogP contribution in [-0.2, 0) is 11.2 Å². The van der Waals surface area contributed by atoms with Crippen LogP contribution in [0.4, 0.5) is 0 Å². The molecule has 0 bridgehead atoms. The summed E-state index contributed by atoms with van der Waals surface area (Å²) in [6.45, 7) is 4.68. The van der Waals surface area contributed by atoms with Crippen molar-refractivity contribution in [3.05, 3.63) is 76.7 Å². The predicted octanol–water partition coefficient (Wildman–Crippen LogP) is 6.02. The summed E-state index contributed by atoms with van der Waals surface area (Å²) in [5.41, 5.74) is 3.85. The van der Waals surface area contributed by atoms with E-state index in [0.29, 0.717) is 19.1 Å². The SMILES string of the molecule is Cc1ccc(-c2ccc(Cc3ccc(OCC4CCCN4CCCC(=O)O)cc3)cc2)s1. The molecule has 1 aliphatic heterocycles. The van der Waals surface area contributed by atoms with E-state index < -0.39 is 5.97 Å². The van der Waals surface area contributed by atoms with Crippen molar-refractivity contribution >= 4 is 17.3 Å². The molecule has 0 spiro atoms. The second kappa shape index (κ2) is 10.8. The van der Waals surface area contributed by atoms with E-state index in [0.717, 1.165) is 38.1 Å². The first kappa shape index (κ1) is 22.6. The predicted molar refractivity (Wildman–Crippen MR) is 131 cm³/mol. The van der Waals surface area contributed by atoms with Gasteiger partial charge in [-0.25, -0.2) is 0 Å². The number of rotatable bonds is 10. The molecule has 0 amide bonds. The molecule has 2 heterocycles. The van der Waals surface area contributed by atoms with Crippen molar-refractivity contribution in [1.29, 1.82) is 0 Å². The highest BCUT2D eigenvalue weighted by molar-refractivity contribution is 7.15. The number of aliphatic carboxylic acids is 1. The first-order chi connectivity index (χ1) is 15.6. The lowest BCUT2D eigenvalue weighted by Crippen LogP contribution is -2.35.